The Morgan fingerprint density at radius 2 is 2.12 bits per heavy atom. The summed E-state index contributed by atoms with van der Waals surface area (Å²) in [6.07, 6.45) is 0.493. The molecule has 0 atom stereocenters. The Labute approximate surface area is 99.3 Å². The van der Waals surface area contributed by atoms with Crippen molar-refractivity contribution < 1.29 is 4.79 Å². The molecule has 1 aliphatic rings. The molecule has 3 nitrogen and oxygen atoms in total. The van der Waals surface area contributed by atoms with Crippen molar-refractivity contribution in [2.75, 3.05) is 18.8 Å². The number of benzene rings is 1. The lowest BCUT2D eigenvalue weighted by Gasteiger charge is -2.15. The minimum absolute atomic E-state index is 0.158. The average molecular weight is 234 g/mol. The molecule has 0 aromatic heterocycles. The van der Waals surface area contributed by atoms with Gasteiger partial charge in [0.2, 0.25) is 0 Å². The Kier molecular flexibility index (Phi) is 3.62. The van der Waals surface area contributed by atoms with Gasteiger partial charge < -0.3 is 4.90 Å². The molecule has 84 valence electrons. The topological polar surface area (TPSA) is 44.2 Å². The molecule has 1 aliphatic heterocycles. The van der Waals surface area contributed by atoms with Crippen molar-refractivity contribution in [1.29, 1.82) is 5.41 Å². The first-order valence-corrected chi connectivity index (χ1v) is 6.30. The van der Waals surface area contributed by atoms with Gasteiger partial charge in [0.25, 0.3) is 0 Å². The van der Waals surface area contributed by atoms with Gasteiger partial charge in [-0.2, -0.15) is 0 Å². The maximum Gasteiger partial charge on any atom is 0.164 e. The maximum absolute atomic E-state index is 11.8. The summed E-state index contributed by atoms with van der Waals surface area (Å²) in [5.41, 5.74) is 0.765. The molecule has 2 rings (SSSR count). The van der Waals surface area contributed by atoms with E-state index >= 15 is 0 Å². The van der Waals surface area contributed by atoms with Gasteiger partial charge in [-0.15, -0.1) is 0 Å². The van der Waals surface area contributed by atoms with Crippen molar-refractivity contribution in [3.05, 3.63) is 35.9 Å². The highest BCUT2D eigenvalue weighted by atomic mass is 32.2. The van der Waals surface area contributed by atoms with Crippen molar-refractivity contribution in [1.82, 2.24) is 4.90 Å². The Bertz CT molecular complexity index is 391. The molecule has 1 saturated heterocycles. The lowest BCUT2D eigenvalue weighted by atomic mass is 10.1. The SMILES string of the molecule is N=C1SCCN1CCC(=O)c1ccccc1. The van der Waals surface area contributed by atoms with Crippen molar-refractivity contribution in [2.45, 2.75) is 6.42 Å². The van der Waals surface area contributed by atoms with Crippen LogP contribution in [0, 0.1) is 5.41 Å². The zero-order valence-electron chi connectivity index (χ0n) is 8.98. The molecular formula is C12H14N2OS. The number of nitrogens with zero attached hydrogens (tertiary/aromatic N) is 1. The van der Waals surface area contributed by atoms with Crippen LogP contribution in [0.4, 0.5) is 0 Å². The second kappa shape index (κ2) is 5.16. The number of hydrogen-bond donors (Lipinski definition) is 1. The van der Waals surface area contributed by atoms with Crippen LogP contribution in [0.15, 0.2) is 30.3 Å². The van der Waals surface area contributed by atoms with E-state index in [1.165, 1.54) is 0 Å². The van der Waals surface area contributed by atoms with Gasteiger partial charge >= 0.3 is 0 Å². The molecule has 16 heavy (non-hydrogen) atoms. The highest BCUT2D eigenvalue weighted by Crippen LogP contribution is 2.16. The second-order valence-electron chi connectivity index (χ2n) is 3.68. The lowest BCUT2D eigenvalue weighted by molar-refractivity contribution is 0.0975. The maximum atomic E-state index is 11.8. The smallest absolute Gasteiger partial charge is 0.164 e. The van der Waals surface area contributed by atoms with E-state index < -0.39 is 0 Å². The number of carbonyl (C=O) groups excluding carboxylic acids is 1. The van der Waals surface area contributed by atoms with E-state index in [9.17, 15) is 4.79 Å². The monoisotopic (exact) mass is 234 g/mol. The summed E-state index contributed by atoms with van der Waals surface area (Å²) < 4.78 is 0. The molecule has 0 bridgehead atoms. The third-order valence-corrected chi connectivity index (χ3v) is 3.51. The summed E-state index contributed by atoms with van der Waals surface area (Å²) in [7, 11) is 0. The first-order valence-electron chi connectivity index (χ1n) is 5.32. The third-order valence-electron chi connectivity index (χ3n) is 2.59. The molecule has 0 radical (unpaired) electrons. The summed E-state index contributed by atoms with van der Waals surface area (Å²) >= 11 is 1.55. The highest BCUT2D eigenvalue weighted by molar-refractivity contribution is 8.14. The lowest BCUT2D eigenvalue weighted by Crippen LogP contribution is -2.26. The van der Waals surface area contributed by atoms with Crippen LogP contribution < -0.4 is 0 Å². The minimum atomic E-state index is 0.158. The fourth-order valence-corrected chi connectivity index (χ4v) is 2.53. The van der Waals surface area contributed by atoms with Crippen LogP contribution in [0.3, 0.4) is 0 Å². The zero-order valence-corrected chi connectivity index (χ0v) is 9.80. The molecule has 1 N–H and O–H groups in total. The number of Topliss-reactive ketones (excluding diaryl/α,β-unsaturated/α-hetero) is 1. The van der Waals surface area contributed by atoms with Crippen LogP contribution in [0.25, 0.3) is 0 Å². The highest BCUT2D eigenvalue weighted by Gasteiger charge is 2.18. The molecule has 1 heterocycles. The minimum Gasteiger partial charge on any atom is -0.350 e. The molecule has 0 amide bonds. The Morgan fingerprint density at radius 1 is 1.38 bits per heavy atom. The number of nitrogens with one attached hydrogen (secondary N) is 1. The largest absolute Gasteiger partial charge is 0.350 e. The molecule has 0 spiro atoms. The van der Waals surface area contributed by atoms with E-state index in [2.05, 4.69) is 0 Å². The van der Waals surface area contributed by atoms with E-state index in [1.54, 1.807) is 11.8 Å². The molecule has 1 aromatic carbocycles. The van der Waals surface area contributed by atoms with Crippen LogP contribution in [0.2, 0.25) is 0 Å². The van der Waals surface area contributed by atoms with Gasteiger partial charge in [0.05, 0.1) is 0 Å². The van der Waals surface area contributed by atoms with E-state index in [1.807, 2.05) is 35.2 Å². The van der Waals surface area contributed by atoms with Gasteiger partial charge in [-0.05, 0) is 0 Å². The number of thioether (sulfide) groups is 1. The quantitative estimate of drug-likeness (QED) is 0.813. The van der Waals surface area contributed by atoms with Gasteiger partial charge in [-0.3, -0.25) is 10.2 Å². The number of rotatable bonds is 4. The molecule has 0 aliphatic carbocycles. The van der Waals surface area contributed by atoms with Crippen molar-refractivity contribution in [3.8, 4) is 0 Å². The predicted octanol–water partition coefficient (Wildman–Crippen LogP) is 2.24. The number of hydrogen-bond acceptors (Lipinski definition) is 3. The number of carbonyl (C=O) groups is 1. The summed E-state index contributed by atoms with van der Waals surface area (Å²) in [5, 5.41) is 8.23. The summed E-state index contributed by atoms with van der Waals surface area (Å²) in [5.74, 6) is 1.13. The van der Waals surface area contributed by atoms with Crippen LogP contribution in [0.1, 0.15) is 16.8 Å². The van der Waals surface area contributed by atoms with Crippen molar-refractivity contribution in [3.63, 3.8) is 0 Å². The van der Waals surface area contributed by atoms with E-state index in [4.69, 9.17) is 5.41 Å². The van der Waals surface area contributed by atoms with Crippen LogP contribution >= 0.6 is 11.8 Å². The molecular weight excluding hydrogens is 220 g/mol. The summed E-state index contributed by atoms with van der Waals surface area (Å²) in [6, 6.07) is 9.34. The average Bonchev–Trinajstić information content (AvgIpc) is 2.73. The normalized spacial score (nSPS) is 15.5. The molecule has 0 unspecified atom stereocenters. The van der Waals surface area contributed by atoms with Crippen LogP contribution in [0.5, 0.6) is 0 Å². The van der Waals surface area contributed by atoms with Gasteiger partial charge in [-0.25, -0.2) is 0 Å². The molecule has 1 aromatic rings. The van der Waals surface area contributed by atoms with Gasteiger partial charge in [-0.1, -0.05) is 42.1 Å². The Balaban J connectivity index is 1.87. The second-order valence-corrected chi connectivity index (χ2v) is 4.76. The van der Waals surface area contributed by atoms with Crippen molar-refractivity contribution in [2.24, 2.45) is 0 Å². The van der Waals surface area contributed by atoms with Crippen LogP contribution in [-0.2, 0) is 0 Å². The number of ketones is 1. The first-order chi connectivity index (χ1) is 7.77. The molecule has 0 saturated carbocycles. The Morgan fingerprint density at radius 3 is 2.75 bits per heavy atom. The van der Waals surface area contributed by atoms with E-state index in [0.29, 0.717) is 18.1 Å². The summed E-state index contributed by atoms with van der Waals surface area (Å²) in [4.78, 5) is 13.8. The van der Waals surface area contributed by atoms with Gasteiger partial charge in [0.15, 0.2) is 11.0 Å². The van der Waals surface area contributed by atoms with Crippen LogP contribution in [-0.4, -0.2) is 34.7 Å². The zero-order chi connectivity index (χ0) is 11.4. The van der Waals surface area contributed by atoms with E-state index in [-0.39, 0.29) is 5.78 Å². The summed E-state index contributed by atoms with van der Waals surface area (Å²) in [6.45, 7) is 1.56. The van der Waals surface area contributed by atoms with Crippen molar-refractivity contribution >= 4 is 22.7 Å². The third kappa shape index (κ3) is 2.64. The van der Waals surface area contributed by atoms with Gasteiger partial charge in [0, 0.05) is 30.8 Å². The standard InChI is InChI=1S/C12H14N2OS/c13-12-14(8-9-16-12)7-6-11(15)10-4-2-1-3-5-10/h1-5,13H,6-9H2. The van der Waals surface area contributed by atoms with E-state index in [0.717, 1.165) is 17.9 Å². The fourth-order valence-electron chi connectivity index (χ4n) is 1.66. The predicted molar refractivity (Wildman–Crippen MR) is 67.1 cm³/mol. The molecule has 1 fully saturated rings. The first kappa shape index (κ1) is 11.2. The fraction of sp³-hybridized carbons (Fsp3) is 0.333. The Hall–Kier alpha value is -1.29. The van der Waals surface area contributed by atoms with Gasteiger partial charge in [0.1, 0.15) is 0 Å². The number of amidine groups is 1. The molecule has 4 heteroatoms.